The smallest absolute Gasteiger partial charge is 0.168 e. The number of hydrazine groups is 1. The summed E-state index contributed by atoms with van der Waals surface area (Å²) in [6.07, 6.45) is 2.27. The fourth-order valence-corrected chi connectivity index (χ4v) is 1.07. The zero-order valence-corrected chi connectivity index (χ0v) is 8.66. The monoisotopic (exact) mass is 212 g/mol. The molecule has 0 saturated heterocycles. The van der Waals surface area contributed by atoms with Gasteiger partial charge in [-0.05, 0) is 6.42 Å². The van der Waals surface area contributed by atoms with Gasteiger partial charge < -0.3 is 21.2 Å². The quantitative estimate of drug-likeness (QED) is 0.293. The van der Waals surface area contributed by atoms with Crippen molar-refractivity contribution in [3.05, 3.63) is 6.33 Å². The van der Waals surface area contributed by atoms with Gasteiger partial charge in [0, 0.05) is 20.3 Å². The Balaban J connectivity index is 2.53. The third kappa shape index (κ3) is 3.22. The van der Waals surface area contributed by atoms with Gasteiger partial charge in [0.25, 0.3) is 0 Å². The lowest BCUT2D eigenvalue weighted by molar-refractivity contribution is 0.198. The van der Waals surface area contributed by atoms with Crippen LogP contribution < -0.4 is 22.3 Å². The van der Waals surface area contributed by atoms with Gasteiger partial charge in [-0.2, -0.15) is 0 Å². The topological polar surface area (TPSA) is 111 Å². The number of nitrogens with zero attached hydrogens (tertiary/aromatic N) is 2. The molecule has 15 heavy (non-hydrogen) atoms. The van der Waals surface area contributed by atoms with Crippen molar-refractivity contribution in [3.8, 4) is 0 Å². The zero-order chi connectivity index (χ0) is 11.1. The summed E-state index contributed by atoms with van der Waals surface area (Å²) in [6, 6.07) is 0. The number of ether oxygens (including phenoxy) is 1. The number of nitrogen functional groups attached to an aromatic ring is 2. The van der Waals surface area contributed by atoms with E-state index in [-0.39, 0.29) is 0 Å². The van der Waals surface area contributed by atoms with E-state index in [4.69, 9.17) is 16.3 Å². The molecule has 0 fully saturated rings. The van der Waals surface area contributed by atoms with Gasteiger partial charge in [-0.15, -0.1) is 0 Å². The van der Waals surface area contributed by atoms with Crippen molar-refractivity contribution >= 4 is 17.3 Å². The lowest BCUT2D eigenvalue weighted by atomic mass is 10.4. The van der Waals surface area contributed by atoms with E-state index in [0.717, 1.165) is 13.0 Å². The number of hydrogen-bond donors (Lipinski definition) is 4. The van der Waals surface area contributed by atoms with Crippen LogP contribution >= 0.6 is 0 Å². The van der Waals surface area contributed by atoms with Gasteiger partial charge >= 0.3 is 0 Å². The summed E-state index contributed by atoms with van der Waals surface area (Å²) in [4.78, 5) is 7.87. The van der Waals surface area contributed by atoms with Gasteiger partial charge in [-0.3, -0.25) is 0 Å². The third-order valence-electron chi connectivity index (χ3n) is 1.84. The second-order valence-electron chi connectivity index (χ2n) is 2.90. The van der Waals surface area contributed by atoms with Crippen molar-refractivity contribution < 1.29 is 4.74 Å². The molecule has 0 amide bonds. The summed E-state index contributed by atoms with van der Waals surface area (Å²) in [7, 11) is 1.66. The first-order valence-electron chi connectivity index (χ1n) is 4.59. The summed E-state index contributed by atoms with van der Waals surface area (Å²) in [5, 5.41) is 3.07. The third-order valence-corrected chi connectivity index (χ3v) is 1.84. The average Bonchev–Trinajstić information content (AvgIpc) is 2.26. The Labute approximate surface area is 88.2 Å². The molecule has 0 atom stereocenters. The van der Waals surface area contributed by atoms with Crippen LogP contribution in [0.25, 0.3) is 0 Å². The van der Waals surface area contributed by atoms with E-state index in [1.165, 1.54) is 6.33 Å². The lowest BCUT2D eigenvalue weighted by Crippen LogP contribution is -2.14. The van der Waals surface area contributed by atoms with Crippen molar-refractivity contribution in [1.29, 1.82) is 0 Å². The zero-order valence-electron chi connectivity index (χ0n) is 8.66. The predicted octanol–water partition coefficient (Wildman–Crippen LogP) is -0.207. The number of aromatic nitrogens is 2. The van der Waals surface area contributed by atoms with Crippen LogP contribution in [0.3, 0.4) is 0 Å². The predicted molar refractivity (Wildman–Crippen MR) is 59.2 cm³/mol. The highest BCUT2D eigenvalue weighted by atomic mass is 16.5. The summed E-state index contributed by atoms with van der Waals surface area (Å²) in [5.41, 5.74) is 8.56. The van der Waals surface area contributed by atoms with Crippen LogP contribution in [0.1, 0.15) is 6.42 Å². The number of nitrogens with one attached hydrogen (secondary N) is 2. The molecule has 0 aromatic carbocycles. The normalized spacial score (nSPS) is 10.0. The van der Waals surface area contributed by atoms with Gasteiger partial charge in [-0.1, -0.05) is 0 Å². The first-order chi connectivity index (χ1) is 7.29. The van der Waals surface area contributed by atoms with Crippen LogP contribution in [0.15, 0.2) is 6.33 Å². The van der Waals surface area contributed by atoms with Crippen LogP contribution in [0.4, 0.5) is 17.3 Å². The fraction of sp³-hybridized carbons (Fsp3) is 0.500. The second kappa shape index (κ2) is 5.99. The molecule has 0 aliphatic rings. The van der Waals surface area contributed by atoms with Gasteiger partial charge in [0.15, 0.2) is 11.6 Å². The molecule has 0 aliphatic carbocycles. The van der Waals surface area contributed by atoms with Crippen molar-refractivity contribution in [1.82, 2.24) is 9.97 Å². The summed E-state index contributed by atoms with van der Waals surface area (Å²) in [5.74, 6) is 6.22. The Hall–Kier alpha value is -1.60. The molecular formula is C8H16N6O. The first-order valence-corrected chi connectivity index (χ1v) is 4.59. The minimum atomic E-state index is 0.414. The molecule has 0 bridgehead atoms. The molecular weight excluding hydrogens is 196 g/mol. The van der Waals surface area contributed by atoms with E-state index in [0.29, 0.717) is 23.9 Å². The molecule has 0 saturated carbocycles. The Bertz CT molecular complexity index is 305. The molecule has 1 heterocycles. The van der Waals surface area contributed by atoms with Crippen LogP contribution in [-0.2, 0) is 4.74 Å². The highest BCUT2D eigenvalue weighted by molar-refractivity contribution is 5.73. The van der Waals surface area contributed by atoms with Gasteiger partial charge in [0.1, 0.15) is 12.0 Å². The van der Waals surface area contributed by atoms with Gasteiger partial charge in [0.05, 0.1) is 0 Å². The van der Waals surface area contributed by atoms with E-state index >= 15 is 0 Å². The first kappa shape index (κ1) is 11.5. The molecule has 0 unspecified atom stereocenters. The summed E-state index contributed by atoms with van der Waals surface area (Å²) < 4.78 is 4.92. The van der Waals surface area contributed by atoms with Crippen LogP contribution in [-0.4, -0.2) is 30.2 Å². The fourth-order valence-electron chi connectivity index (χ4n) is 1.07. The van der Waals surface area contributed by atoms with Gasteiger partial charge in [0.2, 0.25) is 0 Å². The highest BCUT2D eigenvalue weighted by Crippen LogP contribution is 2.20. The van der Waals surface area contributed by atoms with Crippen LogP contribution in [0.5, 0.6) is 0 Å². The van der Waals surface area contributed by atoms with Crippen LogP contribution in [0, 0.1) is 0 Å². The number of anilines is 3. The molecule has 1 aromatic rings. The Morgan fingerprint density at radius 2 is 2.13 bits per heavy atom. The Morgan fingerprint density at radius 3 is 2.80 bits per heavy atom. The molecule has 1 aromatic heterocycles. The molecule has 0 spiro atoms. The van der Waals surface area contributed by atoms with Crippen LogP contribution in [0.2, 0.25) is 0 Å². The van der Waals surface area contributed by atoms with Crippen molar-refractivity contribution in [2.75, 3.05) is 36.7 Å². The minimum Gasteiger partial charge on any atom is -0.393 e. The number of methoxy groups -OCH3 is 1. The van der Waals surface area contributed by atoms with Crippen molar-refractivity contribution in [3.63, 3.8) is 0 Å². The summed E-state index contributed by atoms with van der Waals surface area (Å²) >= 11 is 0. The largest absolute Gasteiger partial charge is 0.393 e. The summed E-state index contributed by atoms with van der Waals surface area (Å²) in [6.45, 7) is 1.43. The van der Waals surface area contributed by atoms with E-state index in [2.05, 4.69) is 20.7 Å². The number of nitrogens with two attached hydrogens (primary N) is 2. The number of hydrogen-bond acceptors (Lipinski definition) is 7. The highest BCUT2D eigenvalue weighted by Gasteiger charge is 2.05. The molecule has 7 nitrogen and oxygen atoms in total. The molecule has 0 aliphatic heterocycles. The molecule has 1 rings (SSSR count). The van der Waals surface area contributed by atoms with Crippen molar-refractivity contribution in [2.24, 2.45) is 5.84 Å². The number of rotatable bonds is 6. The minimum absolute atomic E-state index is 0.414. The van der Waals surface area contributed by atoms with Crippen molar-refractivity contribution in [2.45, 2.75) is 6.42 Å². The maximum atomic E-state index is 5.75. The van der Waals surface area contributed by atoms with E-state index < -0.39 is 0 Å². The maximum Gasteiger partial charge on any atom is 0.168 e. The molecule has 84 valence electrons. The lowest BCUT2D eigenvalue weighted by Gasteiger charge is -2.09. The average molecular weight is 212 g/mol. The Morgan fingerprint density at radius 1 is 1.40 bits per heavy atom. The molecule has 7 heteroatoms. The maximum absolute atomic E-state index is 5.75. The molecule has 6 N–H and O–H groups in total. The second-order valence-corrected chi connectivity index (χ2v) is 2.90. The Kier molecular flexibility index (Phi) is 4.58. The standard InChI is InChI=1S/C8H16N6O/c1-15-4-2-3-11-7-6(9)8(14-10)13-5-12-7/h5H,2-4,9-10H2,1H3,(H2,11,12,13,14). The van der Waals surface area contributed by atoms with Gasteiger partial charge in [-0.25, -0.2) is 15.8 Å². The molecule has 0 radical (unpaired) electrons. The van der Waals surface area contributed by atoms with E-state index in [9.17, 15) is 0 Å². The van der Waals surface area contributed by atoms with E-state index in [1.54, 1.807) is 7.11 Å². The van der Waals surface area contributed by atoms with E-state index in [1.807, 2.05) is 0 Å². The SMILES string of the molecule is COCCCNc1ncnc(NN)c1N.